The Morgan fingerprint density at radius 2 is 2.11 bits per heavy atom. The summed E-state index contributed by atoms with van der Waals surface area (Å²) < 4.78 is 19.1. The lowest BCUT2D eigenvalue weighted by Crippen LogP contribution is -2.30. The first-order valence-corrected chi connectivity index (χ1v) is 9.69. The minimum Gasteiger partial charge on any atom is -0.361 e. The van der Waals surface area contributed by atoms with Crippen LogP contribution in [0.25, 0.3) is 11.3 Å². The van der Waals surface area contributed by atoms with E-state index in [1.54, 1.807) is 18.5 Å². The SMILES string of the molecule is Cc1noc(C)c1-c1cnc(CCC2CCCN2Cc2ncccc2F)cn1. The number of hydrogen-bond donors (Lipinski definition) is 0. The fourth-order valence-corrected chi connectivity index (χ4v) is 3.93. The molecule has 28 heavy (non-hydrogen) atoms. The smallest absolute Gasteiger partial charge is 0.146 e. The molecule has 1 unspecified atom stereocenters. The van der Waals surface area contributed by atoms with Gasteiger partial charge in [0, 0.05) is 25.0 Å². The molecule has 4 rings (SSSR count). The van der Waals surface area contributed by atoms with Crippen molar-refractivity contribution in [2.75, 3.05) is 6.54 Å². The van der Waals surface area contributed by atoms with Gasteiger partial charge in [0.1, 0.15) is 11.6 Å². The van der Waals surface area contributed by atoms with Crippen LogP contribution in [0.5, 0.6) is 0 Å². The Morgan fingerprint density at radius 3 is 2.82 bits per heavy atom. The number of aromatic nitrogens is 4. The predicted octanol–water partition coefficient (Wildman–Crippen LogP) is 3.88. The van der Waals surface area contributed by atoms with Crippen molar-refractivity contribution in [1.29, 1.82) is 0 Å². The van der Waals surface area contributed by atoms with Gasteiger partial charge in [-0.1, -0.05) is 5.16 Å². The van der Waals surface area contributed by atoms with Crippen LogP contribution in [-0.4, -0.2) is 37.6 Å². The zero-order valence-electron chi connectivity index (χ0n) is 16.2. The Morgan fingerprint density at radius 1 is 1.21 bits per heavy atom. The largest absolute Gasteiger partial charge is 0.361 e. The molecule has 0 spiro atoms. The molecule has 1 aliphatic rings. The number of likely N-dealkylation sites (tertiary alicyclic amines) is 1. The van der Waals surface area contributed by atoms with Gasteiger partial charge in [-0.2, -0.15) is 0 Å². The van der Waals surface area contributed by atoms with Crippen molar-refractivity contribution in [2.24, 2.45) is 0 Å². The summed E-state index contributed by atoms with van der Waals surface area (Å²) >= 11 is 0. The first-order valence-electron chi connectivity index (χ1n) is 9.69. The Bertz CT molecular complexity index is 921. The lowest BCUT2D eigenvalue weighted by Gasteiger charge is -2.24. The summed E-state index contributed by atoms with van der Waals surface area (Å²) in [4.78, 5) is 15.7. The highest BCUT2D eigenvalue weighted by atomic mass is 19.1. The highest BCUT2D eigenvalue weighted by molar-refractivity contribution is 5.62. The van der Waals surface area contributed by atoms with Gasteiger partial charge < -0.3 is 4.52 Å². The van der Waals surface area contributed by atoms with E-state index in [-0.39, 0.29) is 5.82 Å². The van der Waals surface area contributed by atoms with Crippen LogP contribution in [0.15, 0.2) is 35.2 Å². The van der Waals surface area contributed by atoms with E-state index in [0.29, 0.717) is 18.3 Å². The number of pyridine rings is 1. The molecule has 0 saturated carbocycles. The van der Waals surface area contributed by atoms with E-state index in [1.807, 2.05) is 20.0 Å². The van der Waals surface area contributed by atoms with Crippen LogP contribution in [-0.2, 0) is 13.0 Å². The van der Waals surface area contributed by atoms with E-state index in [9.17, 15) is 4.39 Å². The summed E-state index contributed by atoms with van der Waals surface area (Å²) in [5, 5.41) is 3.97. The molecule has 0 amide bonds. The molecule has 0 bridgehead atoms. The lowest BCUT2D eigenvalue weighted by atomic mass is 10.1. The Kier molecular flexibility index (Phi) is 5.43. The molecule has 6 nitrogen and oxygen atoms in total. The van der Waals surface area contributed by atoms with E-state index in [4.69, 9.17) is 4.52 Å². The number of nitrogens with zero attached hydrogens (tertiary/aromatic N) is 5. The maximum Gasteiger partial charge on any atom is 0.146 e. The van der Waals surface area contributed by atoms with E-state index < -0.39 is 0 Å². The van der Waals surface area contributed by atoms with Crippen LogP contribution in [0.3, 0.4) is 0 Å². The molecule has 1 fully saturated rings. The van der Waals surface area contributed by atoms with Gasteiger partial charge in [-0.3, -0.25) is 19.9 Å². The maximum absolute atomic E-state index is 13.9. The quantitative estimate of drug-likeness (QED) is 0.645. The molecule has 0 aliphatic carbocycles. The van der Waals surface area contributed by atoms with E-state index in [1.165, 1.54) is 6.07 Å². The summed E-state index contributed by atoms with van der Waals surface area (Å²) in [7, 11) is 0. The topological polar surface area (TPSA) is 67.9 Å². The maximum atomic E-state index is 13.9. The van der Waals surface area contributed by atoms with Crippen LogP contribution in [0.4, 0.5) is 4.39 Å². The van der Waals surface area contributed by atoms with Crippen molar-refractivity contribution < 1.29 is 8.91 Å². The average molecular weight is 381 g/mol. The van der Waals surface area contributed by atoms with E-state index >= 15 is 0 Å². The molecule has 0 radical (unpaired) electrons. The molecule has 3 aromatic heterocycles. The standard InChI is InChI=1S/C21H24FN5O/c1-14-21(15(2)28-26-14)19-12-24-16(11-25-19)7-8-17-5-4-10-27(17)13-20-18(22)6-3-9-23-20/h3,6,9,11-12,17H,4-5,7-8,10,13H2,1-2H3. The van der Waals surface area contributed by atoms with Gasteiger partial charge in [-0.05, 0) is 58.2 Å². The van der Waals surface area contributed by atoms with Crippen molar-refractivity contribution in [3.05, 3.63) is 59.4 Å². The highest BCUT2D eigenvalue weighted by Crippen LogP contribution is 2.26. The van der Waals surface area contributed by atoms with Crippen LogP contribution in [0, 0.1) is 19.7 Å². The number of aryl methyl sites for hydroxylation is 3. The second kappa shape index (κ2) is 8.14. The summed E-state index contributed by atoms with van der Waals surface area (Å²) in [5.41, 5.74) is 4.01. The van der Waals surface area contributed by atoms with E-state index in [2.05, 4.69) is 25.0 Å². The van der Waals surface area contributed by atoms with Gasteiger partial charge in [-0.15, -0.1) is 0 Å². The normalized spacial score (nSPS) is 17.3. The van der Waals surface area contributed by atoms with Gasteiger partial charge >= 0.3 is 0 Å². The Labute approximate surface area is 163 Å². The molecular weight excluding hydrogens is 357 g/mol. The first kappa shape index (κ1) is 18.7. The molecule has 3 aromatic rings. The van der Waals surface area contributed by atoms with Crippen molar-refractivity contribution >= 4 is 0 Å². The van der Waals surface area contributed by atoms with E-state index in [0.717, 1.165) is 60.6 Å². The Hall–Kier alpha value is -2.67. The van der Waals surface area contributed by atoms with Crippen LogP contribution < -0.4 is 0 Å². The zero-order valence-corrected chi connectivity index (χ0v) is 16.2. The fourth-order valence-electron chi connectivity index (χ4n) is 3.93. The number of halogens is 1. The van der Waals surface area contributed by atoms with Crippen molar-refractivity contribution in [3.63, 3.8) is 0 Å². The number of hydrogen-bond acceptors (Lipinski definition) is 6. The van der Waals surface area contributed by atoms with Crippen molar-refractivity contribution in [2.45, 2.75) is 52.1 Å². The zero-order chi connectivity index (χ0) is 19.5. The molecule has 4 heterocycles. The fraction of sp³-hybridized carbons (Fsp3) is 0.429. The third-order valence-electron chi connectivity index (χ3n) is 5.42. The molecular formula is C21H24FN5O. The molecule has 1 aliphatic heterocycles. The average Bonchev–Trinajstić information content (AvgIpc) is 3.28. The molecule has 7 heteroatoms. The third-order valence-corrected chi connectivity index (χ3v) is 5.42. The predicted molar refractivity (Wildman–Crippen MR) is 103 cm³/mol. The van der Waals surface area contributed by atoms with Crippen LogP contribution in [0.2, 0.25) is 0 Å². The van der Waals surface area contributed by atoms with Gasteiger partial charge in [0.25, 0.3) is 0 Å². The van der Waals surface area contributed by atoms with Crippen molar-refractivity contribution in [1.82, 2.24) is 25.0 Å². The number of rotatable bonds is 6. The second-order valence-electron chi connectivity index (χ2n) is 7.33. The Balaban J connectivity index is 1.38. The van der Waals surface area contributed by atoms with Gasteiger partial charge in [0.15, 0.2) is 0 Å². The van der Waals surface area contributed by atoms with Gasteiger partial charge in [-0.25, -0.2) is 4.39 Å². The molecule has 0 N–H and O–H groups in total. The summed E-state index contributed by atoms with van der Waals surface area (Å²) in [6.07, 6.45) is 9.36. The lowest BCUT2D eigenvalue weighted by molar-refractivity contribution is 0.228. The molecule has 1 saturated heterocycles. The molecule has 146 valence electrons. The molecule has 1 atom stereocenters. The highest BCUT2D eigenvalue weighted by Gasteiger charge is 2.25. The monoisotopic (exact) mass is 381 g/mol. The first-order chi connectivity index (χ1) is 13.6. The van der Waals surface area contributed by atoms with Gasteiger partial charge in [0.05, 0.1) is 34.5 Å². The molecule has 0 aromatic carbocycles. The second-order valence-corrected chi connectivity index (χ2v) is 7.33. The van der Waals surface area contributed by atoms with Crippen molar-refractivity contribution in [3.8, 4) is 11.3 Å². The summed E-state index contributed by atoms with van der Waals surface area (Å²) in [6.45, 7) is 5.33. The third kappa shape index (κ3) is 3.94. The van der Waals surface area contributed by atoms with Crippen LogP contribution in [0.1, 0.15) is 42.1 Å². The summed E-state index contributed by atoms with van der Waals surface area (Å²) in [5.74, 6) is 0.525. The van der Waals surface area contributed by atoms with Crippen LogP contribution >= 0.6 is 0 Å². The summed E-state index contributed by atoms with van der Waals surface area (Å²) in [6, 6.07) is 3.53. The van der Waals surface area contributed by atoms with Gasteiger partial charge in [0.2, 0.25) is 0 Å². The minimum atomic E-state index is -0.228. The minimum absolute atomic E-state index is 0.228.